The van der Waals surface area contributed by atoms with E-state index in [1.54, 1.807) is 48.5 Å². The highest BCUT2D eigenvalue weighted by atomic mass is 32.1. The summed E-state index contributed by atoms with van der Waals surface area (Å²) in [5, 5.41) is 66.9. The van der Waals surface area contributed by atoms with E-state index in [4.69, 9.17) is 10.2 Å². The van der Waals surface area contributed by atoms with E-state index in [0.29, 0.717) is 70.4 Å². The van der Waals surface area contributed by atoms with Crippen LogP contribution < -0.4 is 64.3 Å². The van der Waals surface area contributed by atoms with Crippen LogP contribution in [0.2, 0.25) is 0 Å². The monoisotopic (exact) mass is 1340 g/mol. The molecule has 0 radical (unpaired) electrons. The van der Waals surface area contributed by atoms with Gasteiger partial charge in [0.05, 0.1) is 18.3 Å². The van der Waals surface area contributed by atoms with E-state index in [2.05, 4.69) is 80.8 Å². The second-order valence-corrected chi connectivity index (χ2v) is 23.3. The number of carboxylic acids is 3. The van der Waals surface area contributed by atoms with Crippen molar-refractivity contribution in [3.63, 3.8) is 0 Å². The Kier molecular flexibility index (Phi) is 25.1. The number of fused-ring (bicyclic) bond motifs is 3. The zero-order chi connectivity index (χ0) is 69.0. The van der Waals surface area contributed by atoms with E-state index in [-0.39, 0.29) is 79.5 Å². The topological polar surface area (TPSA) is 482 Å². The lowest BCUT2D eigenvalue weighted by Crippen LogP contribution is -2.56. The van der Waals surface area contributed by atoms with Crippen LogP contribution in [-0.4, -0.2) is 184 Å². The summed E-state index contributed by atoms with van der Waals surface area (Å²) >= 11 is 4.29. The number of carboxylic acid groups (broad SMARTS) is 3. The molecule has 1 aliphatic carbocycles. The van der Waals surface area contributed by atoms with E-state index in [0.717, 1.165) is 6.42 Å². The Labute approximate surface area is 553 Å². The predicted molar refractivity (Wildman–Crippen MR) is 353 cm³/mol. The number of nitrogens with two attached hydrogens (primary N) is 1. The average Bonchev–Trinajstić information content (AvgIpc) is 0.770. The number of aliphatic imine (C=N–C) groups is 3. The molecule has 4 aliphatic heterocycles. The largest absolute Gasteiger partial charge is 0.508 e. The molecular formula is C64H74N14O17S. The Morgan fingerprint density at radius 3 is 1.99 bits per heavy atom. The van der Waals surface area contributed by atoms with Gasteiger partial charge in [0, 0.05) is 83.4 Å². The molecule has 5 aliphatic rings. The van der Waals surface area contributed by atoms with Crippen molar-refractivity contribution >= 4 is 112 Å². The lowest BCUT2D eigenvalue weighted by atomic mass is 9.90. The third kappa shape index (κ3) is 19.7. The molecule has 8 atom stereocenters. The second kappa shape index (κ2) is 33.9. The van der Waals surface area contributed by atoms with Gasteiger partial charge < -0.3 is 78.4 Å². The van der Waals surface area contributed by atoms with E-state index in [1.807, 2.05) is 0 Å². The van der Waals surface area contributed by atoms with Gasteiger partial charge in [-0.15, -0.1) is 0 Å². The van der Waals surface area contributed by atoms with Crippen LogP contribution in [0.15, 0.2) is 109 Å². The number of anilines is 1. The molecule has 0 saturated carbocycles. The van der Waals surface area contributed by atoms with Crippen LogP contribution in [0.5, 0.6) is 5.75 Å². The highest BCUT2D eigenvalue weighted by Crippen LogP contribution is 2.42. The Balaban J connectivity index is 0.739. The third-order valence-electron chi connectivity index (χ3n) is 15.9. The van der Waals surface area contributed by atoms with Crippen molar-refractivity contribution in [1.82, 2.24) is 47.9 Å². The zero-order valence-corrected chi connectivity index (χ0v) is 52.7. The number of carbonyl (C=O) groups is 11. The summed E-state index contributed by atoms with van der Waals surface area (Å²) in [5.74, 6) is -9.44. The molecule has 8 rings (SSSR count). The summed E-state index contributed by atoms with van der Waals surface area (Å²) in [5.41, 5.74) is 8.74. The van der Waals surface area contributed by atoms with E-state index in [9.17, 15) is 78.0 Å². The highest BCUT2D eigenvalue weighted by molar-refractivity contribution is 7.80. The van der Waals surface area contributed by atoms with Gasteiger partial charge in [-0.05, 0) is 131 Å². The number of hydrogen-bond acceptors (Lipinski definition) is 21. The van der Waals surface area contributed by atoms with Crippen molar-refractivity contribution in [2.24, 2.45) is 20.7 Å². The SMILES string of the molecule is NC1=NC2N=CC(CNc3ccc(C(=O)NC(CCC(=O)NC(CCC(=O)NC(CCCCNC(=O)C(CS)NC(=O)C(CCCCNC(=O)c4ccccc4-c4c5ccc(=O)cc-5oc5cc(O)ccc45)NC(=O)C4CCCN4)C(=O)O)C(=O)O)C(=O)O)cc3)=NC2C(=O)N1. The first kappa shape index (κ1) is 71.1. The number of aromatic hydroxyl groups is 1. The Bertz CT molecular complexity index is 3870. The minimum atomic E-state index is -1.64. The van der Waals surface area contributed by atoms with Gasteiger partial charge in [-0.3, -0.25) is 58.5 Å². The molecule has 32 heteroatoms. The normalized spacial score (nSPS) is 17.1. The number of nitrogens with zero attached hydrogens (tertiary/aromatic N) is 3. The zero-order valence-electron chi connectivity index (χ0n) is 51.8. The number of thiol groups is 1. The fourth-order valence-corrected chi connectivity index (χ4v) is 11.1. The number of aliphatic carboxylic acids is 3. The van der Waals surface area contributed by atoms with Crippen LogP contribution in [0.1, 0.15) is 97.8 Å². The van der Waals surface area contributed by atoms with Gasteiger partial charge in [-0.1, -0.05) is 18.2 Å². The number of hydrogen-bond donors (Lipinski definition) is 16. The quantitative estimate of drug-likeness (QED) is 0.0154. The van der Waals surface area contributed by atoms with Gasteiger partial charge in [-0.2, -0.15) is 12.6 Å². The van der Waals surface area contributed by atoms with Crippen molar-refractivity contribution < 1.29 is 77.6 Å². The van der Waals surface area contributed by atoms with Crippen LogP contribution in [0.25, 0.3) is 33.4 Å². The van der Waals surface area contributed by atoms with Crippen molar-refractivity contribution in [3.05, 3.63) is 106 Å². The second-order valence-electron chi connectivity index (χ2n) is 22.9. The van der Waals surface area contributed by atoms with Gasteiger partial charge in [0.25, 0.3) is 17.7 Å². The highest BCUT2D eigenvalue weighted by Gasteiger charge is 2.35. The Morgan fingerprint density at radius 1 is 0.667 bits per heavy atom. The lowest BCUT2D eigenvalue weighted by molar-refractivity contribution is -0.143. The molecule has 0 spiro atoms. The molecule has 31 nitrogen and oxygen atoms in total. The van der Waals surface area contributed by atoms with Crippen LogP contribution in [0.3, 0.4) is 0 Å². The number of phenolic OH excluding ortho intramolecular Hbond substituents is 1. The van der Waals surface area contributed by atoms with Gasteiger partial charge >= 0.3 is 17.9 Å². The summed E-state index contributed by atoms with van der Waals surface area (Å²) in [6.45, 7) is 0.977. The average molecular weight is 1340 g/mol. The lowest BCUT2D eigenvalue weighted by Gasteiger charge is -2.25. The molecule has 3 aromatic rings. The minimum absolute atomic E-state index is 0.0185. The third-order valence-corrected chi connectivity index (χ3v) is 16.3. The molecule has 1 fully saturated rings. The smallest absolute Gasteiger partial charge is 0.326 e. The van der Waals surface area contributed by atoms with Crippen LogP contribution in [0, 0.1) is 0 Å². The summed E-state index contributed by atoms with van der Waals surface area (Å²) in [6, 6.07) is 13.5. The Morgan fingerprint density at radius 2 is 1.32 bits per heavy atom. The number of nitrogens with one attached hydrogen (secondary N) is 10. The molecular weight excluding hydrogens is 1270 g/mol. The minimum Gasteiger partial charge on any atom is -0.508 e. The first-order valence-corrected chi connectivity index (χ1v) is 31.6. The number of phenols is 1. The van der Waals surface area contributed by atoms with Crippen LogP contribution in [-0.2, 0) is 43.2 Å². The molecule has 0 aromatic heterocycles. The van der Waals surface area contributed by atoms with E-state index >= 15 is 0 Å². The number of unbranched alkanes of at least 4 members (excludes halogenated alkanes) is 2. The van der Waals surface area contributed by atoms with Crippen molar-refractivity contribution in [2.75, 3.05) is 37.2 Å². The molecule has 16 N–H and O–H groups in total. The van der Waals surface area contributed by atoms with Crippen molar-refractivity contribution in [2.45, 2.75) is 126 Å². The first-order chi connectivity index (χ1) is 46.0. The summed E-state index contributed by atoms with van der Waals surface area (Å²) in [6.07, 6.45) is 1.15. The molecule has 508 valence electrons. The molecule has 1 saturated heterocycles. The molecule has 8 amide bonds. The van der Waals surface area contributed by atoms with E-state index < -0.39 is 139 Å². The Hall–Kier alpha value is -10.8. The number of carbonyl (C=O) groups excluding carboxylic acids is 8. The molecule has 8 unspecified atom stereocenters. The predicted octanol–water partition coefficient (Wildman–Crippen LogP) is 0.767. The van der Waals surface area contributed by atoms with Crippen molar-refractivity contribution in [1.29, 1.82) is 0 Å². The van der Waals surface area contributed by atoms with E-state index in [1.165, 1.54) is 42.6 Å². The number of benzene rings is 4. The number of guanidine groups is 1. The fraction of sp³-hybridized carbons (Fsp3) is 0.391. The van der Waals surface area contributed by atoms with Gasteiger partial charge in [-0.25, -0.2) is 19.4 Å². The van der Waals surface area contributed by atoms with Gasteiger partial charge in [0.2, 0.25) is 29.5 Å². The summed E-state index contributed by atoms with van der Waals surface area (Å²) in [4.78, 5) is 167. The fourth-order valence-electron chi connectivity index (χ4n) is 10.9. The summed E-state index contributed by atoms with van der Waals surface area (Å²) in [7, 11) is 0. The standard InChI is InChI=1S/C64H74N14O17S/c65-64-77-54-53(60(88)78-64)71-35(31-70-54)30-69-34-15-13-33(14-16-34)55(83)75-46(63(93)94)22-24-51(82)73-45(62(91)92)21-23-50(81)72-44(61(89)90)11-4-6-26-68-57(85)47(32-96)76-59(87)43(74-58(86)42-12-7-27-66-42)10-3-5-25-67-56(84)39-9-2-1-8-38(39)52-40-19-17-36(79)28-48(40)95-49-29-37(80)18-20-41(49)52/h1-2,8-9,13-20,28-29,31,42-47,53-54,66,69,79,96H,3-7,10-12,21-27,30,32H2,(H,67,84)(H,68,85)(H,72,81)(H,73,82)(H,74,86)(H,75,83)(H,76,87)(H,89,90)(H,91,92)(H,93,94)(H3,65,77,78,88). The maximum atomic E-state index is 13.9. The molecule has 0 bridgehead atoms. The number of amides is 8. The van der Waals surface area contributed by atoms with Crippen LogP contribution >= 0.6 is 12.6 Å². The summed E-state index contributed by atoms with van der Waals surface area (Å²) < 4.78 is 5.99. The van der Waals surface area contributed by atoms with Gasteiger partial charge in [0.15, 0.2) is 23.6 Å². The van der Waals surface area contributed by atoms with Gasteiger partial charge in [0.1, 0.15) is 47.3 Å². The molecule has 4 heterocycles. The number of rotatable bonds is 34. The maximum absolute atomic E-state index is 13.9. The van der Waals surface area contributed by atoms with Crippen LogP contribution in [0.4, 0.5) is 5.69 Å². The maximum Gasteiger partial charge on any atom is 0.326 e. The molecule has 3 aromatic carbocycles. The van der Waals surface area contributed by atoms with Crippen molar-refractivity contribution in [3.8, 4) is 28.2 Å². The first-order valence-electron chi connectivity index (χ1n) is 31.0. The molecule has 96 heavy (non-hydrogen) atoms.